The maximum absolute atomic E-state index is 11.1. The number of benzene rings is 1. The second-order valence-corrected chi connectivity index (χ2v) is 5.37. The molecule has 1 atom stereocenters. The predicted octanol–water partition coefficient (Wildman–Crippen LogP) is 0.805. The fourth-order valence-electron chi connectivity index (χ4n) is 1.30. The van der Waals surface area contributed by atoms with E-state index in [1.807, 2.05) is 12.1 Å². The Labute approximate surface area is 93.6 Å². The second-order valence-electron chi connectivity index (χ2n) is 3.41. The molecule has 1 heterocycles. The van der Waals surface area contributed by atoms with Gasteiger partial charge in [0.1, 0.15) is 12.7 Å². The predicted molar refractivity (Wildman–Crippen MR) is 63.2 cm³/mol. The topological polar surface area (TPSA) is 68.0 Å². The van der Waals surface area contributed by atoms with Gasteiger partial charge in [0.15, 0.2) is 0 Å². The van der Waals surface area contributed by atoms with Gasteiger partial charge in [-0.25, -0.2) is 13.9 Å². The molecule has 0 radical (unpaired) electrons. The minimum atomic E-state index is -2.85. The molecule has 0 aliphatic rings. The molecule has 0 amide bonds. The van der Waals surface area contributed by atoms with Crippen molar-refractivity contribution in [2.45, 2.75) is 0 Å². The summed E-state index contributed by atoms with van der Waals surface area (Å²) < 4.78 is 21.9. The summed E-state index contributed by atoms with van der Waals surface area (Å²) in [4.78, 5) is 3.84. The summed E-state index contributed by atoms with van der Waals surface area (Å²) in [5.41, 5.74) is 1.56. The van der Waals surface area contributed by atoms with E-state index in [4.69, 9.17) is 4.55 Å². The average molecular weight is 237 g/mol. The van der Waals surface area contributed by atoms with E-state index in [1.54, 1.807) is 23.1 Å². The first-order chi connectivity index (χ1) is 7.54. The Morgan fingerprint density at radius 3 is 2.56 bits per heavy atom. The van der Waals surface area contributed by atoms with Gasteiger partial charge >= 0.3 is 0 Å². The highest BCUT2D eigenvalue weighted by molar-refractivity contribution is 7.95. The molecule has 1 N–H and O–H groups in total. The molecule has 6 heteroatoms. The summed E-state index contributed by atoms with van der Waals surface area (Å²) >= 11 is 0. The quantitative estimate of drug-likeness (QED) is 0.785. The highest BCUT2D eigenvalue weighted by atomic mass is 32.2. The van der Waals surface area contributed by atoms with E-state index < -0.39 is 9.80 Å². The molecule has 0 spiro atoms. The number of nitrogens with zero attached hydrogens (tertiary/aromatic N) is 3. The zero-order chi connectivity index (χ0) is 11.6. The van der Waals surface area contributed by atoms with Crippen LogP contribution in [0.25, 0.3) is 5.69 Å². The lowest BCUT2D eigenvalue weighted by molar-refractivity contribution is 0.566. The highest BCUT2D eigenvalue weighted by Gasteiger charge is 1.97. The van der Waals surface area contributed by atoms with Crippen LogP contribution in [0.1, 0.15) is 5.56 Å². The number of hydrogen-bond acceptors (Lipinski definition) is 3. The Balaban J connectivity index is 2.34. The molecule has 0 aliphatic heterocycles. The van der Waals surface area contributed by atoms with Crippen LogP contribution in [0.4, 0.5) is 0 Å². The van der Waals surface area contributed by atoms with Crippen molar-refractivity contribution < 1.29 is 8.76 Å². The van der Waals surface area contributed by atoms with Crippen molar-refractivity contribution in [2.75, 3.05) is 6.26 Å². The molecule has 1 aromatic heterocycles. The van der Waals surface area contributed by atoms with Crippen molar-refractivity contribution in [1.29, 1.82) is 0 Å². The lowest BCUT2D eigenvalue weighted by atomic mass is 10.2. The fourth-order valence-corrected chi connectivity index (χ4v) is 1.96. The molecule has 1 aromatic carbocycles. The van der Waals surface area contributed by atoms with Gasteiger partial charge in [0.2, 0.25) is 0 Å². The first kappa shape index (κ1) is 10.8. The SMILES string of the molecule is CS(=O)(O)=Cc1ccc(-n2cncn2)cc1. The summed E-state index contributed by atoms with van der Waals surface area (Å²) in [6.45, 7) is 0. The summed E-state index contributed by atoms with van der Waals surface area (Å²) in [5, 5.41) is 5.31. The van der Waals surface area contributed by atoms with Crippen molar-refractivity contribution in [3.8, 4) is 5.69 Å². The van der Waals surface area contributed by atoms with Gasteiger partial charge in [-0.2, -0.15) is 5.10 Å². The van der Waals surface area contributed by atoms with Crippen molar-refractivity contribution >= 4 is 15.2 Å². The van der Waals surface area contributed by atoms with Gasteiger partial charge in [0.25, 0.3) is 0 Å². The maximum atomic E-state index is 11.1. The maximum Gasteiger partial charge on any atom is 0.138 e. The third-order valence-corrected chi connectivity index (χ3v) is 2.64. The molecule has 0 saturated heterocycles. The Kier molecular flexibility index (Phi) is 2.76. The Bertz CT molecular complexity index is 573. The largest absolute Gasteiger partial charge is 0.314 e. The Morgan fingerprint density at radius 2 is 2.06 bits per heavy atom. The van der Waals surface area contributed by atoms with Crippen molar-refractivity contribution in [2.24, 2.45) is 0 Å². The minimum Gasteiger partial charge on any atom is -0.314 e. The van der Waals surface area contributed by atoms with Gasteiger partial charge in [-0.15, -0.1) is 0 Å². The molecule has 0 fully saturated rings. The zero-order valence-corrected chi connectivity index (χ0v) is 9.46. The standard InChI is InChI=1S/C10H11N3O2S/c1-16(14,15)6-9-2-4-10(5-3-9)13-8-11-7-12-13/h2-8H,1H3,(H,14,15). The number of rotatable bonds is 2. The van der Waals surface area contributed by atoms with E-state index in [9.17, 15) is 4.21 Å². The number of hydrogen-bond donors (Lipinski definition) is 1. The Hall–Kier alpha value is -1.66. The van der Waals surface area contributed by atoms with E-state index >= 15 is 0 Å². The molecule has 0 aliphatic carbocycles. The van der Waals surface area contributed by atoms with Crippen LogP contribution < -0.4 is 0 Å². The van der Waals surface area contributed by atoms with Crippen LogP contribution in [0, 0.1) is 0 Å². The van der Waals surface area contributed by atoms with Gasteiger partial charge in [0.05, 0.1) is 15.5 Å². The van der Waals surface area contributed by atoms with Crippen LogP contribution in [0.5, 0.6) is 0 Å². The molecule has 2 rings (SSSR count). The average Bonchev–Trinajstić information content (AvgIpc) is 2.69. The van der Waals surface area contributed by atoms with Gasteiger partial charge in [-0.1, -0.05) is 12.1 Å². The van der Waals surface area contributed by atoms with E-state index in [-0.39, 0.29) is 0 Å². The first-order valence-electron chi connectivity index (χ1n) is 4.56. The van der Waals surface area contributed by atoms with Crippen LogP contribution >= 0.6 is 0 Å². The van der Waals surface area contributed by atoms with Gasteiger partial charge < -0.3 is 4.55 Å². The van der Waals surface area contributed by atoms with Crippen molar-refractivity contribution in [3.05, 3.63) is 42.5 Å². The van der Waals surface area contributed by atoms with Crippen LogP contribution in [-0.2, 0) is 9.80 Å². The molecular formula is C10H11N3O2S. The second kappa shape index (κ2) is 4.07. The molecule has 0 saturated carbocycles. The first-order valence-corrected chi connectivity index (χ1v) is 6.55. The van der Waals surface area contributed by atoms with E-state index in [0.29, 0.717) is 5.56 Å². The van der Waals surface area contributed by atoms with Crippen LogP contribution in [0.3, 0.4) is 0 Å². The summed E-state index contributed by atoms with van der Waals surface area (Å²) in [5.74, 6) is 0. The Morgan fingerprint density at radius 1 is 1.38 bits per heavy atom. The van der Waals surface area contributed by atoms with E-state index in [0.717, 1.165) is 5.69 Å². The van der Waals surface area contributed by atoms with Crippen LogP contribution in [-0.4, -0.2) is 35.1 Å². The van der Waals surface area contributed by atoms with Crippen molar-refractivity contribution in [3.63, 3.8) is 0 Å². The number of aromatic nitrogens is 3. The highest BCUT2D eigenvalue weighted by Crippen LogP contribution is 2.06. The van der Waals surface area contributed by atoms with Gasteiger partial charge in [0, 0.05) is 11.6 Å². The monoisotopic (exact) mass is 237 g/mol. The molecule has 1 unspecified atom stereocenters. The summed E-state index contributed by atoms with van der Waals surface area (Å²) in [6, 6.07) is 7.14. The fraction of sp³-hybridized carbons (Fsp3) is 0.100. The summed E-state index contributed by atoms with van der Waals surface area (Å²) in [6.07, 6.45) is 4.32. The lowest BCUT2D eigenvalue weighted by Crippen LogP contribution is -2.00. The molecule has 84 valence electrons. The van der Waals surface area contributed by atoms with Gasteiger partial charge in [-0.05, 0) is 17.7 Å². The normalized spacial score (nSPS) is 14.4. The molecule has 5 nitrogen and oxygen atoms in total. The van der Waals surface area contributed by atoms with E-state index in [1.165, 1.54) is 18.0 Å². The minimum absolute atomic E-state index is 0.707. The molecule has 16 heavy (non-hydrogen) atoms. The molecule has 2 aromatic rings. The van der Waals surface area contributed by atoms with Gasteiger partial charge in [-0.3, -0.25) is 0 Å². The molecular weight excluding hydrogens is 226 g/mol. The lowest BCUT2D eigenvalue weighted by Gasteiger charge is -2.01. The zero-order valence-electron chi connectivity index (χ0n) is 8.65. The smallest absolute Gasteiger partial charge is 0.138 e. The third-order valence-electron chi connectivity index (χ3n) is 1.93. The molecule has 0 bridgehead atoms. The van der Waals surface area contributed by atoms with E-state index in [2.05, 4.69) is 10.1 Å². The summed E-state index contributed by atoms with van der Waals surface area (Å²) in [7, 11) is -2.85. The third kappa shape index (κ3) is 2.68. The van der Waals surface area contributed by atoms with Crippen LogP contribution in [0.2, 0.25) is 0 Å². The van der Waals surface area contributed by atoms with Crippen molar-refractivity contribution in [1.82, 2.24) is 14.8 Å². The van der Waals surface area contributed by atoms with Crippen LogP contribution in [0.15, 0.2) is 36.9 Å².